The first kappa shape index (κ1) is 78.7. The molecule has 0 spiro atoms. The molecule has 0 bridgehead atoms. The van der Waals surface area contributed by atoms with Crippen molar-refractivity contribution in [1.29, 1.82) is 0 Å². The van der Waals surface area contributed by atoms with Gasteiger partial charge in [0.25, 0.3) is 0 Å². The van der Waals surface area contributed by atoms with E-state index in [2.05, 4.69) is 15.3 Å². The molecule has 0 unspecified atom stereocenters. The van der Waals surface area contributed by atoms with Crippen LogP contribution < -0.4 is 0 Å². The maximum Gasteiger partial charge on any atom is 0.418 e. The summed E-state index contributed by atoms with van der Waals surface area (Å²) < 4.78 is 212. The number of aliphatic hydroxyl groups is 1. The highest BCUT2D eigenvalue weighted by Gasteiger charge is 2.39. The van der Waals surface area contributed by atoms with Crippen LogP contribution in [0.5, 0.6) is 0 Å². The monoisotopic (exact) mass is 1560 g/mol. The number of para-hydroxylation sites is 3. The third-order valence-corrected chi connectivity index (χ3v) is 24.3. The number of nitrogens with zero attached hydrogens (tertiary/aromatic N) is 6. The average molecular weight is 1560 g/mol. The Labute approximate surface area is 613 Å². The number of halogens is 9. The first-order chi connectivity index (χ1) is 48.9. The van der Waals surface area contributed by atoms with Gasteiger partial charge >= 0.3 is 18.5 Å². The van der Waals surface area contributed by atoms with Gasteiger partial charge in [-0.05, 0) is 186 Å². The van der Waals surface area contributed by atoms with E-state index < -0.39 is 81.5 Å². The van der Waals surface area contributed by atoms with Crippen molar-refractivity contribution in [2.75, 3.05) is 32.5 Å². The summed E-state index contributed by atoms with van der Waals surface area (Å²) in [6.07, 6.45) is -11.5. The predicted octanol–water partition coefficient (Wildman–Crippen LogP) is 19.5. The molecule has 30 heteroatoms. The molecule has 0 atom stereocenters. The summed E-state index contributed by atoms with van der Waals surface area (Å²) in [5.74, 6) is -0.0119. The van der Waals surface area contributed by atoms with Crippen LogP contribution in [0.25, 0.3) is 80.1 Å². The second-order valence-electron chi connectivity index (χ2n) is 25.5. The van der Waals surface area contributed by atoms with E-state index in [9.17, 15) is 69.9 Å². The first-order valence-corrected chi connectivity index (χ1v) is 39.7. The Kier molecular flexibility index (Phi) is 22.4. The van der Waals surface area contributed by atoms with E-state index in [4.69, 9.17) is 9.47 Å². The number of hydrogen-bond acceptors (Lipinski definition) is 15. The Morgan fingerprint density at radius 1 is 0.381 bits per heavy atom. The highest BCUT2D eigenvalue weighted by atomic mass is 32.2. The molecular weight excluding hydrogens is 1490 g/mol. The van der Waals surface area contributed by atoms with Crippen LogP contribution >= 0.6 is 34.0 Å². The summed E-state index contributed by atoms with van der Waals surface area (Å²) in [5, 5.41) is 23.9. The van der Waals surface area contributed by atoms with E-state index in [1.165, 1.54) is 143 Å². The van der Waals surface area contributed by atoms with Crippen LogP contribution in [0.15, 0.2) is 215 Å². The number of hydrogen-bond donors (Lipinski definition) is 1. The van der Waals surface area contributed by atoms with Gasteiger partial charge in [-0.3, -0.25) is 0 Å². The molecule has 0 saturated carbocycles. The Bertz CT molecular complexity index is 5520. The Morgan fingerprint density at radius 3 is 0.943 bits per heavy atom. The quantitative estimate of drug-likeness (QED) is 0.0800. The van der Waals surface area contributed by atoms with Crippen LogP contribution in [0.2, 0.25) is 0 Å². The molecule has 0 saturated heterocycles. The number of alkyl halides is 9. The van der Waals surface area contributed by atoms with Crippen LogP contribution in [0.1, 0.15) is 82.2 Å². The lowest BCUT2D eigenvalue weighted by Gasteiger charge is -2.20. The highest BCUT2D eigenvalue weighted by Crippen LogP contribution is 2.45. The van der Waals surface area contributed by atoms with Crippen molar-refractivity contribution in [1.82, 2.24) is 29.3 Å². The summed E-state index contributed by atoms with van der Waals surface area (Å²) in [6.45, 7) is 11.8. The third-order valence-electron chi connectivity index (χ3n) is 16.8. The summed E-state index contributed by atoms with van der Waals surface area (Å²) in [6, 6.07) is 51.2. The molecule has 105 heavy (non-hydrogen) atoms. The van der Waals surface area contributed by atoms with Gasteiger partial charge in [-0.25, -0.2) is 39.3 Å². The summed E-state index contributed by atoms with van der Waals surface area (Å²) in [4.78, 5) is 4.85. The molecule has 552 valence electrons. The average Bonchev–Trinajstić information content (AvgIpc) is 1.63. The summed E-state index contributed by atoms with van der Waals surface area (Å²) >= 11 is 3.96. The third kappa shape index (κ3) is 17.7. The molecule has 0 aliphatic carbocycles. The predicted molar refractivity (Wildman–Crippen MR) is 391 cm³/mol. The van der Waals surface area contributed by atoms with Gasteiger partial charge in [0.1, 0.15) is 16.8 Å². The molecule has 1 N–H and O–H groups in total. The fraction of sp³-hybridized carbons (Fsp3) is 0.240. The SMILES string of the molecule is CC(C)(O)c1cc(-c2ccc(-c3cccc(S(C)(=O)=O)c3)s2)n(-c2ccccc2C(F)(F)F)n1.CCS(=O)(=O)c1cccc(-c2ccc(-c3cc(C(C)(C)OC)nn3-c3ccccc3C(F)(F)F)s2)c1.COC(C)(C)c1cc(-c2ccc(-c3cccc(S(C)(=O)=O)c3)s2)n(-c2ccccc2C(F)(F)F)n1. The minimum absolute atomic E-state index is 0.0119. The number of methoxy groups -OCH3 is 2. The van der Waals surface area contributed by atoms with Crippen molar-refractivity contribution >= 4 is 63.5 Å². The fourth-order valence-corrected chi connectivity index (χ4v) is 15.9. The van der Waals surface area contributed by atoms with Gasteiger partial charge < -0.3 is 14.6 Å². The van der Waals surface area contributed by atoms with Crippen molar-refractivity contribution in [2.45, 2.75) is 98.5 Å². The summed E-state index contributed by atoms with van der Waals surface area (Å²) in [5.41, 5.74) is -1.29. The van der Waals surface area contributed by atoms with Gasteiger partial charge in [0, 0.05) is 41.4 Å². The lowest BCUT2D eigenvalue weighted by atomic mass is 10.1. The van der Waals surface area contributed by atoms with Crippen molar-refractivity contribution < 1.29 is 79.3 Å². The van der Waals surface area contributed by atoms with Gasteiger partial charge in [-0.2, -0.15) is 54.8 Å². The van der Waals surface area contributed by atoms with Crippen LogP contribution in [0, 0.1) is 0 Å². The van der Waals surface area contributed by atoms with E-state index in [0.29, 0.717) is 59.8 Å². The van der Waals surface area contributed by atoms with Crippen molar-refractivity contribution in [3.8, 4) is 80.1 Å². The van der Waals surface area contributed by atoms with Crippen molar-refractivity contribution in [3.05, 3.63) is 234 Å². The zero-order valence-electron chi connectivity index (χ0n) is 58.0. The largest absolute Gasteiger partial charge is 0.418 e. The standard InChI is InChI=1S/C26H25F3N2O3S2.C25H23F3N2O3S2.C24H21F3N2O3S2/c1-5-36(32,33)18-10-8-9-17(15-18)22-13-14-23(35-22)21-16-24(25(2,3)34-4)30-31(21)20-12-7-6-11-19(20)26(27,28)29;1-24(2,33-3)23-15-20(30(29-23)19-11-6-5-10-18(19)25(26,27)28)22-13-12-21(34-22)16-8-7-9-17(14-16)35(4,31)32;1-23(2,30)22-14-19(29(28-22)18-10-5-4-9-17(18)24(25,26)27)21-12-11-20(33-21)15-7-6-8-16(13-15)34(3,31)32/h6-16H,5H2,1-4H3;5-15H,1-4H3;4-14,30H,1-3H3. The van der Waals surface area contributed by atoms with E-state index >= 15 is 0 Å². The zero-order valence-corrected chi connectivity index (χ0v) is 62.9. The number of benzene rings is 6. The zero-order chi connectivity index (χ0) is 76.8. The molecule has 12 rings (SSSR count). The number of sulfone groups is 3. The van der Waals surface area contributed by atoms with E-state index in [-0.39, 0.29) is 43.2 Å². The van der Waals surface area contributed by atoms with Crippen LogP contribution in [0.3, 0.4) is 0 Å². The Balaban J connectivity index is 0.000000169. The Morgan fingerprint density at radius 2 is 0.657 bits per heavy atom. The molecule has 6 aromatic carbocycles. The van der Waals surface area contributed by atoms with Crippen LogP contribution in [-0.4, -0.2) is 92.2 Å². The molecular formula is C75H69F9N6O9S6. The second kappa shape index (κ2) is 29.8. The topological polar surface area (TPSA) is 195 Å². The molecule has 0 fully saturated rings. The van der Waals surface area contributed by atoms with Gasteiger partial charge in [0.2, 0.25) is 0 Å². The molecule has 0 radical (unpaired) electrons. The van der Waals surface area contributed by atoms with Crippen LogP contribution in [-0.2, 0) is 74.3 Å². The molecule has 0 amide bonds. The molecule has 6 heterocycles. The second-order valence-corrected chi connectivity index (χ2v) is 35.1. The molecule has 12 aromatic rings. The smallest absolute Gasteiger partial charge is 0.384 e. The number of rotatable bonds is 18. The van der Waals surface area contributed by atoms with E-state index in [0.717, 1.165) is 45.3 Å². The maximum atomic E-state index is 13.9. The minimum atomic E-state index is -4.60. The molecule has 6 aromatic heterocycles. The highest BCUT2D eigenvalue weighted by molar-refractivity contribution is 7.91. The fourth-order valence-electron chi connectivity index (χ4n) is 10.7. The lowest BCUT2D eigenvalue weighted by Crippen LogP contribution is -2.20. The van der Waals surface area contributed by atoms with E-state index in [1.807, 2.05) is 12.1 Å². The van der Waals surface area contributed by atoms with Gasteiger partial charge in [-0.1, -0.05) is 79.7 Å². The normalized spacial score (nSPS) is 12.8. The van der Waals surface area contributed by atoms with Gasteiger partial charge in [0.15, 0.2) is 29.5 Å². The first-order valence-electron chi connectivity index (χ1n) is 31.8. The van der Waals surface area contributed by atoms with Crippen molar-refractivity contribution in [3.63, 3.8) is 0 Å². The minimum Gasteiger partial charge on any atom is -0.384 e. The van der Waals surface area contributed by atoms with Crippen molar-refractivity contribution in [2.24, 2.45) is 0 Å². The number of aromatic nitrogens is 6. The summed E-state index contributed by atoms with van der Waals surface area (Å²) in [7, 11) is -7.13. The number of thiophene rings is 3. The Hall–Kier alpha value is -8.85. The molecule has 0 aliphatic rings. The number of ether oxygens (including phenoxy) is 2. The molecule has 0 aliphatic heterocycles. The van der Waals surface area contributed by atoms with Gasteiger partial charge in [-0.15, -0.1) is 34.0 Å². The molecule has 15 nitrogen and oxygen atoms in total. The van der Waals surface area contributed by atoms with Gasteiger partial charge in [0.05, 0.1) is 103 Å². The maximum absolute atomic E-state index is 13.9. The lowest BCUT2D eigenvalue weighted by molar-refractivity contribution is -0.138. The van der Waals surface area contributed by atoms with E-state index in [1.54, 1.807) is 138 Å². The van der Waals surface area contributed by atoms with Crippen LogP contribution in [0.4, 0.5) is 39.5 Å².